The lowest BCUT2D eigenvalue weighted by Crippen LogP contribution is -2.04. The molecule has 0 amide bonds. The smallest absolute Gasteiger partial charge is 0.162 e. The molecule has 0 spiro atoms. The summed E-state index contributed by atoms with van der Waals surface area (Å²) in [5, 5.41) is 3.97. The minimum absolute atomic E-state index is 0.240. The normalized spacial score (nSPS) is 17.5. The van der Waals surface area contributed by atoms with Gasteiger partial charge in [-0.25, -0.2) is 0 Å². The second kappa shape index (κ2) is 6.77. The molecule has 1 unspecified atom stereocenters. The molecule has 0 bridgehead atoms. The molecule has 3 rings (SSSR count). The molecule has 1 aromatic heterocycles. The largest absolute Gasteiger partial charge is 0.490 e. The number of aromatic nitrogens is 1. The molecule has 1 aliphatic heterocycles. The van der Waals surface area contributed by atoms with Crippen LogP contribution in [-0.2, 0) is 16.1 Å². The first-order valence-electron chi connectivity index (χ1n) is 7.23. The minimum atomic E-state index is 0.240. The number of rotatable bonds is 7. The molecule has 1 fully saturated rings. The van der Waals surface area contributed by atoms with Gasteiger partial charge in [0.25, 0.3) is 0 Å². The Bertz CT molecular complexity index is 658. The number of benzene rings is 1. The van der Waals surface area contributed by atoms with Gasteiger partial charge >= 0.3 is 0 Å². The fraction of sp³-hybridized carbons (Fsp3) is 0.353. The average Bonchev–Trinajstić information content (AvgIpc) is 3.24. The van der Waals surface area contributed by atoms with Gasteiger partial charge in [-0.2, -0.15) is 0 Å². The highest BCUT2D eigenvalue weighted by molar-refractivity contribution is 5.79. The van der Waals surface area contributed by atoms with E-state index in [1.165, 1.54) is 0 Å². The van der Waals surface area contributed by atoms with E-state index in [4.69, 9.17) is 18.7 Å². The van der Waals surface area contributed by atoms with Crippen molar-refractivity contribution in [2.45, 2.75) is 19.6 Å². The first-order valence-corrected chi connectivity index (χ1v) is 7.23. The predicted molar refractivity (Wildman–Crippen MR) is 82.4 cm³/mol. The van der Waals surface area contributed by atoms with Crippen molar-refractivity contribution in [2.75, 3.05) is 20.3 Å². The molecule has 22 heavy (non-hydrogen) atoms. The van der Waals surface area contributed by atoms with E-state index in [0.29, 0.717) is 13.2 Å². The highest BCUT2D eigenvalue weighted by Gasteiger charge is 2.23. The minimum Gasteiger partial charge on any atom is -0.490 e. The fourth-order valence-corrected chi connectivity index (χ4v) is 2.10. The van der Waals surface area contributed by atoms with Crippen molar-refractivity contribution >= 4 is 11.6 Å². The molecule has 2 aromatic rings. The van der Waals surface area contributed by atoms with Gasteiger partial charge in [0.2, 0.25) is 0 Å². The van der Waals surface area contributed by atoms with Gasteiger partial charge < -0.3 is 18.7 Å². The quantitative estimate of drug-likeness (QED) is 0.735. The van der Waals surface area contributed by atoms with Crippen molar-refractivity contribution in [1.82, 2.24) is 5.16 Å². The first kappa shape index (κ1) is 14.8. The Balaban J connectivity index is 1.76. The molecule has 0 N–H and O–H groups in total. The van der Waals surface area contributed by atoms with Gasteiger partial charge in [-0.1, -0.05) is 23.4 Å². The summed E-state index contributed by atoms with van der Waals surface area (Å²) in [6.45, 7) is 3.80. The van der Waals surface area contributed by atoms with Gasteiger partial charge in [0.15, 0.2) is 5.76 Å². The summed E-state index contributed by atoms with van der Waals surface area (Å²) in [4.78, 5) is 0. The van der Waals surface area contributed by atoms with Crippen molar-refractivity contribution in [2.24, 2.45) is 0 Å². The van der Waals surface area contributed by atoms with Gasteiger partial charge in [-0.3, -0.25) is 0 Å². The van der Waals surface area contributed by atoms with Crippen LogP contribution in [0.4, 0.5) is 0 Å². The Morgan fingerprint density at radius 1 is 1.41 bits per heavy atom. The SMILES string of the molecule is COCc1cc(C(C)=Cc2ccccc2OCC2CO2)on1. The lowest BCUT2D eigenvalue weighted by molar-refractivity contribution is 0.177. The topological polar surface area (TPSA) is 57.0 Å². The molecular formula is C17H19NO4. The lowest BCUT2D eigenvalue weighted by atomic mass is 10.1. The zero-order valence-electron chi connectivity index (χ0n) is 12.7. The maximum absolute atomic E-state index is 5.81. The molecule has 116 valence electrons. The Labute approximate surface area is 129 Å². The van der Waals surface area contributed by atoms with E-state index in [9.17, 15) is 0 Å². The van der Waals surface area contributed by atoms with Crippen molar-refractivity contribution in [1.29, 1.82) is 0 Å². The average molecular weight is 301 g/mol. The van der Waals surface area contributed by atoms with Crippen molar-refractivity contribution in [3.8, 4) is 5.75 Å². The monoisotopic (exact) mass is 301 g/mol. The summed E-state index contributed by atoms with van der Waals surface area (Å²) < 4.78 is 21.4. The van der Waals surface area contributed by atoms with Crippen LogP contribution < -0.4 is 4.74 Å². The molecule has 5 heteroatoms. The van der Waals surface area contributed by atoms with Crippen LogP contribution in [0.1, 0.15) is 23.9 Å². The molecule has 1 saturated heterocycles. The highest BCUT2D eigenvalue weighted by atomic mass is 16.6. The third-order valence-corrected chi connectivity index (χ3v) is 3.36. The highest BCUT2D eigenvalue weighted by Crippen LogP contribution is 2.26. The van der Waals surface area contributed by atoms with E-state index in [1.54, 1.807) is 7.11 Å². The van der Waals surface area contributed by atoms with E-state index in [0.717, 1.165) is 34.9 Å². The number of para-hydroxylation sites is 1. The van der Waals surface area contributed by atoms with Crippen molar-refractivity contribution in [3.63, 3.8) is 0 Å². The summed E-state index contributed by atoms with van der Waals surface area (Å²) in [7, 11) is 1.63. The maximum atomic E-state index is 5.81. The van der Waals surface area contributed by atoms with E-state index >= 15 is 0 Å². The van der Waals surface area contributed by atoms with Gasteiger partial charge in [0.1, 0.15) is 24.2 Å². The number of hydrogen-bond acceptors (Lipinski definition) is 5. The maximum Gasteiger partial charge on any atom is 0.162 e. The van der Waals surface area contributed by atoms with Crippen LogP contribution in [-0.4, -0.2) is 31.6 Å². The molecule has 0 radical (unpaired) electrons. The molecule has 2 heterocycles. The van der Waals surface area contributed by atoms with E-state index in [1.807, 2.05) is 43.3 Å². The van der Waals surface area contributed by atoms with E-state index in [2.05, 4.69) is 5.16 Å². The second-order valence-electron chi connectivity index (χ2n) is 5.25. The Morgan fingerprint density at radius 3 is 3.00 bits per heavy atom. The van der Waals surface area contributed by atoms with Gasteiger partial charge in [0, 0.05) is 18.7 Å². The molecule has 1 aromatic carbocycles. The van der Waals surface area contributed by atoms with Crippen LogP contribution in [0, 0.1) is 0 Å². The molecule has 0 saturated carbocycles. The zero-order valence-corrected chi connectivity index (χ0v) is 12.7. The third-order valence-electron chi connectivity index (χ3n) is 3.36. The number of hydrogen-bond donors (Lipinski definition) is 0. The van der Waals surface area contributed by atoms with Crippen LogP contribution in [0.2, 0.25) is 0 Å². The van der Waals surface area contributed by atoms with E-state index < -0.39 is 0 Å². The Hall–Kier alpha value is -2.11. The molecule has 1 atom stereocenters. The van der Waals surface area contributed by atoms with Crippen LogP contribution in [0.15, 0.2) is 34.9 Å². The summed E-state index contributed by atoms with van der Waals surface area (Å²) >= 11 is 0. The van der Waals surface area contributed by atoms with Crippen LogP contribution in [0.5, 0.6) is 5.75 Å². The van der Waals surface area contributed by atoms with Crippen molar-refractivity contribution < 1.29 is 18.7 Å². The van der Waals surface area contributed by atoms with Crippen LogP contribution >= 0.6 is 0 Å². The number of epoxide rings is 1. The lowest BCUT2D eigenvalue weighted by Gasteiger charge is -2.08. The van der Waals surface area contributed by atoms with Gasteiger partial charge in [0.05, 0.1) is 13.2 Å². The Morgan fingerprint density at radius 2 is 2.23 bits per heavy atom. The zero-order chi connectivity index (χ0) is 15.4. The predicted octanol–water partition coefficient (Wildman–Crippen LogP) is 3.16. The first-order chi connectivity index (χ1) is 10.8. The summed E-state index contributed by atoms with van der Waals surface area (Å²) in [5.74, 6) is 1.57. The van der Waals surface area contributed by atoms with Gasteiger partial charge in [-0.05, 0) is 24.6 Å². The molecule has 0 aliphatic carbocycles. The molecule has 1 aliphatic rings. The number of allylic oxidation sites excluding steroid dienone is 1. The Kier molecular flexibility index (Phi) is 4.56. The summed E-state index contributed by atoms with van der Waals surface area (Å²) in [6, 6.07) is 9.80. The second-order valence-corrected chi connectivity index (χ2v) is 5.25. The fourth-order valence-electron chi connectivity index (χ4n) is 2.10. The summed E-state index contributed by atoms with van der Waals surface area (Å²) in [5.41, 5.74) is 2.76. The summed E-state index contributed by atoms with van der Waals surface area (Å²) in [6.07, 6.45) is 2.27. The third kappa shape index (κ3) is 3.75. The number of methoxy groups -OCH3 is 1. The molecule has 5 nitrogen and oxygen atoms in total. The standard InChI is InChI=1S/C17H19NO4/c1-12(17-8-14(9-19-2)18-22-17)7-13-5-3-4-6-16(13)21-11-15-10-20-15/h3-8,15H,9-11H2,1-2H3. The van der Waals surface area contributed by atoms with Gasteiger partial charge in [-0.15, -0.1) is 0 Å². The van der Waals surface area contributed by atoms with Crippen molar-refractivity contribution in [3.05, 3.63) is 47.3 Å². The van der Waals surface area contributed by atoms with E-state index in [-0.39, 0.29) is 6.10 Å². The van der Waals surface area contributed by atoms with Crippen LogP contribution in [0.25, 0.3) is 11.6 Å². The van der Waals surface area contributed by atoms with Crippen LogP contribution in [0.3, 0.4) is 0 Å². The number of nitrogens with zero attached hydrogens (tertiary/aromatic N) is 1. The molecular weight excluding hydrogens is 282 g/mol. The number of ether oxygens (including phenoxy) is 3.